The van der Waals surface area contributed by atoms with Crippen molar-refractivity contribution in [2.75, 3.05) is 5.75 Å². The molecule has 0 spiro atoms. The average Bonchev–Trinajstić information content (AvgIpc) is 3.06. The second-order valence-electron chi connectivity index (χ2n) is 5.14. The van der Waals surface area contributed by atoms with Gasteiger partial charge in [-0.2, -0.15) is 0 Å². The second-order valence-corrected chi connectivity index (χ2v) is 7.22. The van der Waals surface area contributed by atoms with E-state index in [0.717, 1.165) is 11.1 Å². The predicted molar refractivity (Wildman–Crippen MR) is 66.7 cm³/mol. The summed E-state index contributed by atoms with van der Waals surface area (Å²) in [6.45, 7) is 2.01. The lowest BCUT2D eigenvalue weighted by molar-refractivity contribution is 0.489. The van der Waals surface area contributed by atoms with E-state index in [1.807, 2.05) is 19.1 Å². The van der Waals surface area contributed by atoms with Crippen LogP contribution < -0.4 is 5.32 Å². The Morgan fingerprint density at radius 3 is 2.71 bits per heavy atom. The van der Waals surface area contributed by atoms with Crippen LogP contribution in [0, 0.1) is 6.92 Å². The summed E-state index contributed by atoms with van der Waals surface area (Å²) in [5, 5.41) is 3.55. The van der Waals surface area contributed by atoms with Gasteiger partial charge < -0.3 is 5.32 Å². The first kappa shape index (κ1) is 11.2. The van der Waals surface area contributed by atoms with Gasteiger partial charge in [0.2, 0.25) is 0 Å². The maximum atomic E-state index is 12.0. The zero-order valence-electron chi connectivity index (χ0n) is 9.94. The topological polar surface area (TPSA) is 46.2 Å². The molecule has 4 heteroatoms. The molecule has 17 heavy (non-hydrogen) atoms. The first-order chi connectivity index (χ1) is 8.06. The predicted octanol–water partition coefficient (Wildman–Crippen LogP) is 1.97. The fourth-order valence-electron chi connectivity index (χ4n) is 2.47. The molecule has 0 radical (unpaired) electrons. The monoisotopic (exact) mass is 251 g/mol. The molecule has 1 atom stereocenters. The molecule has 1 fully saturated rings. The number of rotatable bonds is 2. The van der Waals surface area contributed by atoms with Crippen LogP contribution in [0.25, 0.3) is 0 Å². The molecule has 1 saturated carbocycles. The maximum absolute atomic E-state index is 12.0. The first-order valence-electron chi connectivity index (χ1n) is 6.15. The van der Waals surface area contributed by atoms with Crippen molar-refractivity contribution >= 4 is 9.84 Å². The van der Waals surface area contributed by atoms with Gasteiger partial charge >= 0.3 is 0 Å². The van der Waals surface area contributed by atoms with Crippen molar-refractivity contribution in [2.45, 2.75) is 43.2 Å². The van der Waals surface area contributed by atoms with Crippen molar-refractivity contribution in [2.24, 2.45) is 0 Å². The third kappa shape index (κ3) is 2.11. The molecular formula is C13H17NO2S. The quantitative estimate of drug-likeness (QED) is 0.874. The van der Waals surface area contributed by atoms with Crippen LogP contribution in [0.4, 0.5) is 0 Å². The van der Waals surface area contributed by atoms with Crippen LogP contribution in [0.3, 0.4) is 0 Å². The van der Waals surface area contributed by atoms with Crippen molar-refractivity contribution in [3.05, 3.63) is 29.3 Å². The minimum Gasteiger partial charge on any atom is -0.307 e. The molecule has 3 nitrogen and oxygen atoms in total. The zero-order chi connectivity index (χ0) is 12.0. The maximum Gasteiger partial charge on any atom is 0.178 e. The molecule has 1 aromatic carbocycles. The van der Waals surface area contributed by atoms with Gasteiger partial charge in [0.15, 0.2) is 9.84 Å². The van der Waals surface area contributed by atoms with Crippen LogP contribution >= 0.6 is 0 Å². The summed E-state index contributed by atoms with van der Waals surface area (Å²) in [5.74, 6) is 0.271. The van der Waals surface area contributed by atoms with Gasteiger partial charge in [-0.15, -0.1) is 0 Å². The highest BCUT2D eigenvalue weighted by molar-refractivity contribution is 7.91. The molecule has 0 amide bonds. The van der Waals surface area contributed by atoms with E-state index in [1.54, 1.807) is 6.07 Å². The van der Waals surface area contributed by atoms with Crippen molar-refractivity contribution in [1.82, 2.24) is 5.32 Å². The second kappa shape index (κ2) is 3.82. The van der Waals surface area contributed by atoms with Crippen LogP contribution in [0.5, 0.6) is 0 Å². The lowest BCUT2D eigenvalue weighted by Crippen LogP contribution is -2.31. The fraction of sp³-hybridized carbons (Fsp3) is 0.538. The molecule has 1 aromatic rings. The minimum absolute atomic E-state index is 0.223. The Kier molecular flexibility index (Phi) is 2.52. The summed E-state index contributed by atoms with van der Waals surface area (Å²) in [7, 11) is -3.05. The van der Waals surface area contributed by atoms with Crippen LogP contribution in [0.15, 0.2) is 23.1 Å². The highest BCUT2D eigenvalue weighted by Crippen LogP contribution is 2.35. The van der Waals surface area contributed by atoms with Crippen molar-refractivity contribution in [1.29, 1.82) is 0 Å². The van der Waals surface area contributed by atoms with Crippen molar-refractivity contribution in [3.8, 4) is 0 Å². The number of hydrogen-bond donors (Lipinski definition) is 1. The van der Waals surface area contributed by atoms with Crippen molar-refractivity contribution in [3.63, 3.8) is 0 Å². The van der Waals surface area contributed by atoms with Gasteiger partial charge in [0, 0.05) is 12.1 Å². The van der Waals surface area contributed by atoms with Gasteiger partial charge in [-0.3, -0.25) is 0 Å². The van der Waals surface area contributed by atoms with Crippen LogP contribution in [-0.4, -0.2) is 20.2 Å². The largest absolute Gasteiger partial charge is 0.307 e. The van der Waals surface area contributed by atoms with Crippen LogP contribution in [-0.2, 0) is 9.84 Å². The Morgan fingerprint density at radius 1 is 1.24 bits per heavy atom. The van der Waals surface area contributed by atoms with E-state index in [4.69, 9.17) is 0 Å². The number of sulfone groups is 1. The normalized spacial score (nSPS) is 26.5. The van der Waals surface area contributed by atoms with E-state index in [2.05, 4.69) is 5.32 Å². The highest BCUT2D eigenvalue weighted by Gasteiger charge is 2.33. The molecule has 1 aliphatic carbocycles. The van der Waals surface area contributed by atoms with Gasteiger partial charge in [0.25, 0.3) is 0 Å². The Morgan fingerprint density at radius 2 is 2.00 bits per heavy atom. The standard InChI is InChI=1S/C13H17NO2S/c1-9-2-5-13-11(8-9)12(14-10-3-4-10)6-7-17(13,15)16/h2,5,8,10,12,14H,3-4,6-7H2,1H3. The molecular weight excluding hydrogens is 234 g/mol. The smallest absolute Gasteiger partial charge is 0.178 e. The molecule has 3 rings (SSSR count). The van der Waals surface area contributed by atoms with E-state index >= 15 is 0 Å². The van der Waals surface area contributed by atoms with Crippen molar-refractivity contribution < 1.29 is 8.42 Å². The van der Waals surface area contributed by atoms with Gasteiger partial charge in [0.1, 0.15) is 0 Å². The highest BCUT2D eigenvalue weighted by atomic mass is 32.2. The van der Waals surface area contributed by atoms with Crippen LogP contribution in [0.2, 0.25) is 0 Å². The Hall–Kier alpha value is -0.870. The molecule has 1 N–H and O–H groups in total. The molecule has 0 aromatic heterocycles. The minimum atomic E-state index is -3.05. The van der Waals surface area contributed by atoms with E-state index in [9.17, 15) is 8.42 Å². The van der Waals surface area contributed by atoms with E-state index in [-0.39, 0.29) is 11.8 Å². The van der Waals surface area contributed by atoms with Gasteiger partial charge in [-0.1, -0.05) is 17.7 Å². The molecule has 0 saturated heterocycles. The number of fused-ring (bicyclic) bond motifs is 1. The van der Waals surface area contributed by atoms with E-state index < -0.39 is 9.84 Å². The fourth-order valence-corrected chi connectivity index (χ4v) is 4.07. The summed E-state index contributed by atoms with van der Waals surface area (Å²) in [6.07, 6.45) is 3.16. The molecule has 1 aliphatic heterocycles. The summed E-state index contributed by atoms with van der Waals surface area (Å²) in [5.41, 5.74) is 2.10. The third-order valence-electron chi connectivity index (χ3n) is 3.57. The Labute approximate surface area is 102 Å². The molecule has 0 bridgehead atoms. The summed E-state index contributed by atoms with van der Waals surface area (Å²) in [4.78, 5) is 0.535. The number of benzene rings is 1. The molecule has 1 heterocycles. The average molecular weight is 251 g/mol. The van der Waals surface area contributed by atoms with Gasteiger partial charge in [-0.25, -0.2) is 8.42 Å². The number of aryl methyl sites for hydroxylation is 1. The Balaban J connectivity index is 2.04. The SMILES string of the molecule is Cc1ccc2c(c1)C(NC1CC1)CCS2(=O)=O. The third-order valence-corrected chi connectivity index (χ3v) is 5.38. The van der Waals surface area contributed by atoms with Gasteiger partial charge in [-0.05, 0) is 37.8 Å². The number of nitrogens with one attached hydrogen (secondary N) is 1. The summed E-state index contributed by atoms with van der Waals surface area (Å²) in [6, 6.07) is 6.50. The van der Waals surface area contributed by atoms with Crippen LogP contribution in [0.1, 0.15) is 36.4 Å². The number of hydrogen-bond acceptors (Lipinski definition) is 3. The molecule has 92 valence electrons. The van der Waals surface area contributed by atoms with E-state index in [0.29, 0.717) is 17.4 Å². The summed E-state index contributed by atoms with van der Waals surface area (Å²) >= 11 is 0. The van der Waals surface area contributed by atoms with E-state index in [1.165, 1.54) is 12.8 Å². The lowest BCUT2D eigenvalue weighted by Gasteiger charge is -2.26. The summed E-state index contributed by atoms with van der Waals surface area (Å²) < 4.78 is 24.0. The zero-order valence-corrected chi connectivity index (χ0v) is 10.8. The molecule has 1 unspecified atom stereocenters. The lowest BCUT2D eigenvalue weighted by atomic mass is 10.0. The molecule has 2 aliphatic rings. The Bertz CT molecular complexity index is 547. The van der Waals surface area contributed by atoms with Gasteiger partial charge in [0.05, 0.1) is 10.6 Å². The first-order valence-corrected chi connectivity index (χ1v) is 7.81.